The number of sulfonamides is 1. The van der Waals surface area contributed by atoms with E-state index in [1.807, 2.05) is 24.3 Å². The minimum Gasteiger partial charge on any atom is -0.352 e. The fourth-order valence-electron chi connectivity index (χ4n) is 4.61. The molecule has 1 aliphatic carbocycles. The Hall–Kier alpha value is -2.10. The zero-order chi connectivity index (χ0) is 27.2. The molecule has 0 saturated heterocycles. The molecule has 10 heteroatoms. The van der Waals surface area contributed by atoms with E-state index >= 15 is 0 Å². The summed E-state index contributed by atoms with van der Waals surface area (Å²) in [4.78, 5) is 28.1. The Labute approximate surface area is 233 Å². The maximum absolute atomic E-state index is 13.4. The van der Waals surface area contributed by atoms with Gasteiger partial charge in [0.05, 0.1) is 11.9 Å². The fourth-order valence-corrected chi connectivity index (χ4v) is 6.06. The summed E-state index contributed by atoms with van der Waals surface area (Å²) in [5, 5.41) is 3.57. The van der Waals surface area contributed by atoms with Crippen LogP contribution in [0.4, 0.5) is 5.69 Å². The molecule has 1 fully saturated rings. The standard InChI is InChI=1S/C27H35BrClN3O4S/c1-19-24(29)10-6-11-25(19)32(37(3,35)36)17-7-12-26(33)31(18-21-13-15-22(28)16-14-21)20(2)27(34)30-23-8-4-5-9-23/h6,10-11,13-16,20,23H,4-5,7-9,12,17-18H2,1-3H3,(H,30,34)/t20-/m1/s1. The number of amides is 2. The molecule has 1 atom stereocenters. The molecule has 0 aliphatic heterocycles. The third-order valence-corrected chi connectivity index (χ3v) is 8.91. The first kappa shape index (κ1) is 29.5. The molecular weight excluding hydrogens is 578 g/mol. The first-order valence-corrected chi connectivity index (χ1v) is 15.6. The molecule has 0 aromatic heterocycles. The maximum atomic E-state index is 13.4. The molecule has 1 aliphatic rings. The van der Waals surface area contributed by atoms with Crippen LogP contribution < -0.4 is 9.62 Å². The van der Waals surface area contributed by atoms with Gasteiger partial charge in [-0.05, 0) is 68.5 Å². The largest absolute Gasteiger partial charge is 0.352 e. The molecule has 1 saturated carbocycles. The zero-order valence-electron chi connectivity index (χ0n) is 21.5. The van der Waals surface area contributed by atoms with E-state index in [2.05, 4.69) is 21.2 Å². The van der Waals surface area contributed by atoms with E-state index in [-0.39, 0.29) is 37.4 Å². The normalized spacial score (nSPS) is 14.8. The number of hydrogen-bond donors (Lipinski definition) is 1. The van der Waals surface area contributed by atoms with E-state index in [1.165, 1.54) is 4.31 Å². The van der Waals surface area contributed by atoms with Gasteiger partial charge in [-0.15, -0.1) is 0 Å². The van der Waals surface area contributed by atoms with Crippen LogP contribution in [0.3, 0.4) is 0 Å². The number of rotatable bonds is 11. The number of benzene rings is 2. The van der Waals surface area contributed by atoms with Gasteiger partial charge in [-0.1, -0.05) is 58.6 Å². The Morgan fingerprint density at radius 3 is 2.41 bits per heavy atom. The number of halogens is 2. The van der Waals surface area contributed by atoms with E-state index < -0.39 is 16.1 Å². The average molecular weight is 613 g/mol. The third-order valence-electron chi connectivity index (χ3n) is 6.79. The summed E-state index contributed by atoms with van der Waals surface area (Å²) in [6.45, 7) is 3.93. The summed E-state index contributed by atoms with van der Waals surface area (Å²) in [7, 11) is -3.59. The molecule has 2 amide bonds. The summed E-state index contributed by atoms with van der Waals surface area (Å²) < 4.78 is 27.4. The fraction of sp³-hybridized carbons (Fsp3) is 0.481. The van der Waals surface area contributed by atoms with Gasteiger partial charge >= 0.3 is 0 Å². The SMILES string of the molecule is Cc1c(Cl)cccc1N(CCCC(=O)N(Cc1ccc(Br)cc1)[C@H](C)C(=O)NC1CCCC1)S(C)(=O)=O. The molecule has 0 spiro atoms. The van der Waals surface area contributed by atoms with Gasteiger partial charge in [0.15, 0.2) is 0 Å². The summed E-state index contributed by atoms with van der Waals surface area (Å²) >= 11 is 9.65. The first-order valence-electron chi connectivity index (χ1n) is 12.5. The second-order valence-corrected chi connectivity index (χ2v) is 12.9. The van der Waals surface area contributed by atoms with Crippen LogP contribution >= 0.6 is 27.5 Å². The Balaban J connectivity index is 1.73. The van der Waals surface area contributed by atoms with Crippen LogP contribution in [-0.4, -0.2) is 50.0 Å². The van der Waals surface area contributed by atoms with Gasteiger partial charge in [0, 0.05) is 35.0 Å². The van der Waals surface area contributed by atoms with Crippen LogP contribution in [0.15, 0.2) is 46.9 Å². The second-order valence-electron chi connectivity index (χ2n) is 9.64. The summed E-state index contributed by atoms with van der Waals surface area (Å²) in [6, 6.07) is 12.3. The number of anilines is 1. The van der Waals surface area contributed by atoms with Crippen LogP contribution in [-0.2, 0) is 26.2 Å². The van der Waals surface area contributed by atoms with Crippen LogP contribution in [0.1, 0.15) is 56.6 Å². The van der Waals surface area contributed by atoms with Gasteiger partial charge in [-0.3, -0.25) is 13.9 Å². The minimum absolute atomic E-state index is 0.100. The average Bonchev–Trinajstić information content (AvgIpc) is 3.35. The Bertz CT molecular complexity index is 1200. The van der Waals surface area contributed by atoms with Crippen molar-refractivity contribution in [3.05, 3.63) is 63.1 Å². The van der Waals surface area contributed by atoms with Crippen molar-refractivity contribution in [1.82, 2.24) is 10.2 Å². The second kappa shape index (κ2) is 13.1. The highest BCUT2D eigenvalue weighted by molar-refractivity contribution is 9.10. The maximum Gasteiger partial charge on any atom is 0.242 e. The lowest BCUT2D eigenvalue weighted by molar-refractivity contribution is -0.141. The van der Waals surface area contributed by atoms with E-state index in [0.29, 0.717) is 22.7 Å². The van der Waals surface area contributed by atoms with Crippen molar-refractivity contribution in [2.45, 2.75) is 71.0 Å². The van der Waals surface area contributed by atoms with Gasteiger partial charge in [0.25, 0.3) is 0 Å². The monoisotopic (exact) mass is 611 g/mol. The van der Waals surface area contributed by atoms with Gasteiger partial charge in [0.1, 0.15) is 6.04 Å². The van der Waals surface area contributed by atoms with Crippen LogP contribution in [0, 0.1) is 6.92 Å². The van der Waals surface area contributed by atoms with Crippen molar-refractivity contribution in [3.63, 3.8) is 0 Å². The van der Waals surface area contributed by atoms with Crippen LogP contribution in [0.2, 0.25) is 5.02 Å². The van der Waals surface area contributed by atoms with Crippen molar-refractivity contribution < 1.29 is 18.0 Å². The number of nitrogens with zero attached hydrogens (tertiary/aromatic N) is 2. The molecule has 37 heavy (non-hydrogen) atoms. The van der Waals surface area contributed by atoms with E-state index in [0.717, 1.165) is 42.0 Å². The molecule has 0 bridgehead atoms. The highest BCUT2D eigenvalue weighted by atomic mass is 79.9. The predicted octanol–water partition coefficient (Wildman–Crippen LogP) is 5.43. The van der Waals surface area contributed by atoms with Gasteiger partial charge < -0.3 is 10.2 Å². The number of nitrogens with one attached hydrogen (secondary N) is 1. The van der Waals surface area contributed by atoms with Crippen LogP contribution in [0.25, 0.3) is 0 Å². The Morgan fingerprint density at radius 2 is 1.78 bits per heavy atom. The van der Waals surface area contributed by atoms with E-state index in [9.17, 15) is 18.0 Å². The molecule has 202 valence electrons. The van der Waals surface area contributed by atoms with Gasteiger partial charge in [-0.25, -0.2) is 8.42 Å². The smallest absolute Gasteiger partial charge is 0.242 e. The van der Waals surface area contributed by atoms with Crippen molar-refractivity contribution >= 4 is 55.1 Å². The van der Waals surface area contributed by atoms with Crippen molar-refractivity contribution in [3.8, 4) is 0 Å². The van der Waals surface area contributed by atoms with E-state index in [1.54, 1.807) is 36.9 Å². The summed E-state index contributed by atoms with van der Waals surface area (Å²) in [5.41, 5.74) is 2.07. The lowest BCUT2D eigenvalue weighted by atomic mass is 10.1. The quantitative estimate of drug-likeness (QED) is 0.367. The van der Waals surface area contributed by atoms with Gasteiger partial charge in [-0.2, -0.15) is 0 Å². The molecule has 0 unspecified atom stereocenters. The molecule has 3 rings (SSSR count). The Kier molecular flexibility index (Phi) is 10.4. The van der Waals surface area contributed by atoms with Crippen molar-refractivity contribution in [1.29, 1.82) is 0 Å². The lowest BCUT2D eigenvalue weighted by Gasteiger charge is -2.30. The highest BCUT2D eigenvalue weighted by Gasteiger charge is 2.29. The molecular formula is C27H35BrClN3O4S. The summed E-state index contributed by atoms with van der Waals surface area (Å²) in [5.74, 6) is -0.363. The number of carbonyl (C=O) groups excluding carboxylic acids is 2. The van der Waals surface area contributed by atoms with Crippen molar-refractivity contribution in [2.75, 3.05) is 17.1 Å². The molecule has 2 aromatic carbocycles. The van der Waals surface area contributed by atoms with E-state index in [4.69, 9.17) is 11.6 Å². The minimum atomic E-state index is -3.59. The highest BCUT2D eigenvalue weighted by Crippen LogP contribution is 2.28. The first-order chi connectivity index (χ1) is 17.5. The predicted molar refractivity (Wildman–Crippen MR) is 152 cm³/mol. The van der Waals surface area contributed by atoms with Crippen molar-refractivity contribution in [2.24, 2.45) is 0 Å². The lowest BCUT2D eigenvalue weighted by Crippen LogP contribution is -2.49. The van der Waals surface area contributed by atoms with Crippen LogP contribution in [0.5, 0.6) is 0 Å². The molecule has 1 N–H and O–H groups in total. The topological polar surface area (TPSA) is 86.8 Å². The third kappa shape index (κ3) is 8.19. The van der Waals surface area contributed by atoms with Gasteiger partial charge in [0.2, 0.25) is 21.8 Å². The number of hydrogen-bond acceptors (Lipinski definition) is 4. The zero-order valence-corrected chi connectivity index (χ0v) is 24.7. The number of carbonyl (C=O) groups is 2. The molecule has 0 heterocycles. The molecule has 7 nitrogen and oxygen atoms in total. The Morgan fingerprint density at radius 1 is 1.14 bits per heavy atom. The summed E-state index contributed by atoms with van der Waals surface area (Å²) in [6.07, 6.45) is 5.67. The molecule has 0 radical (unpaired) electrons. The molecule has 2 aromatic rings.